The quantitative estimate of drug-likeness (QED) is 0.553. The molecule has 2 heterocycles. The minimum absolute atomic E-state index is 0.227. The first-order valence-corrected chi connectivity index (χ1v) is 5.67. The summed E-state index contributed by atoms with van der Waals surface area (Å²) in [5, 5.41) is 1.82. The van der Waals surface area contributed by atoms with Crippen molar-refractivity contribution in [3.05, 3.63) is 40.9 Å². The third kappa shape index (κ3) is 1.35. The molecule has 3 rings (SSSR count). The Bertz CT molecular complexity index is 746. The highest BCUT2D eigenvalue weighted by molar-refractivity contribution is 6.30. The van der Waals surface area contributed by atoms with Gasteiger partial charge in [0.1, 0.15) is 11.0 Å². The van der Waals surface area contributed by atoms with Crippen molar-refractivity contribution in [2.24, 2.45) is 7.05 Å². The van der Waals surface area contributed by atoms with Gasteiger partial charge in [0.05, 0.1) is 16.7 Å². The van der Waals surface area contributed by atoms with Crippen molar-refractivity contribution in [3.8, 4) is 0 Å². The molecule has 1 aromatic carbocycles. The highest BCUT2D eigenvalue weighted by Crippen LogP contribution is 2.32. The van der Waals surface area contributed by atoms with E-state index < -0.39 is 0 Å². The number of rotatable bonds is 0. The molecule has 86 valence electrons. The van der Waals surface area contributed by atoms with E-state index in [9.17, 15) is 4.39 Å². The van der Waals surface area contributed by atoms with Gasteiger partial charge in [-0.15, -0.1) is 0 Å². The van der Waals surface area contributed by atoms with E-state index in [2.05, 4.69) is 4.98 Å². The van der Waals surface area contributed by atoms with Crippen molar-refractivity contribution < 1.29 is 4.39 Å². The van der Waals surface area contributed by atoms with E-state index in [4.69, 9.17) is 11.6 Å². The van der Waals surface area contributed by atoms with Crippen molar-refractivity contribution in [3.63, 3.8) is 0 Å². The maximum absolute atomic E-state index is 13.9. The topological polar surface area (TPSA) is 17.8 Å². The number of benzene rings is 1. The van der Waals surface area contributed by atoms with E-state index in [-0.39, 0.29) is 5.82 Å². The van der Waals surface area contributed by atoms with Crippen LogP contribution in [0.2, 0.25) is 5.15 Å². The molecular formula is C13H10ClFN2. The third-order valence-corrected chi connectivity index (χ3v) is 3.29. The lowest BCUT2D eigenvalue weighted by molar-refractivity contribution is 0.640. The van der Waals surface area contributed by atoms with Gasteiger partial charge in [-0.2, -0.15) is 0 Å². The van der Waals surface area contributed by atoms with Crippen molar-refractivity contribution >= 4 is 33.4 Å². The van der Waals surface area contributed by atoms with Crippen LogP contribution >= 0.6 is 11.6 Å². The monoisotopic (exact) mass is 248 g/mol. The lowest BCUT2D eigenvalue weighted by Crippen LogP contribution is -1.91. The van der Waals surface area contributed by atoms with Crippen molar-refractivity contribution in [1.29, 1.82) is 0 Å². The normalized spacial score (nSPS) is 11.5. The molecule has 3 aromatic rings. The fourth-order valence-corrected chi connectivity index (χ4v) is 2.66. The largest absolute Gasteiger partial charge is 0.342 e. The van der Waals surface area contributed by atoms with Crippen molar-refractivity contribution in [1.82, 2.24) is 9.55 Å². The summed E-state index contributed by atoms with van der Waals surface area (Å²) in [7, 11) is 1.91. The third-order valence-electron chi connectivity index (χ3n) is 3.09. The summed E-state index contributed by atoms with van der Waals surface area (Å²) in [6.07, 6.45) is 0. The number of hydrogen-bond acceptors (Lipinski definition) is 1. The average Bonchev–Trinajstić information content (AvgIpc) is 2.54. The molecule has 0 atom stereocenters. The van der Waals surface area contributed by atoms with Gasteiger partial charge in [0.25, 0.3) is 0 Å². The summed E-state index contributed by atoms with van der Waals surface area (Å²) in [5.74, 6) is -0.227. The van der Waals surface area contributed by atoms with E-state index in [0.717, 1.165) is 22.1 Å². The van der Waals surface area contributed by atoms with Crippen molar-refractivity contribution in [2.75, 3.05) is 0 Å². The van der Waals surface area contributed by atoms with Gasteiger partial charge in [0, 0.05) is 17.8 Å². The Morgan fingerprint density at radius 3 is 2.88 bits per heavy atom. The first-order chi connectivity index (χ1) is 8.09. The molecule has 0 bridgehead atoms. The predicted octanol–water partition coefficient (Wildman–Crippen LogP) is 3.83. The Morgan fingerprint density at radius 2 is 2.12 bits per heavy atom. The molecule has 0 unspecified atom stereocenters. The highest BCUT2D eigenvalue weighted by Gasteiger charge is 2.14. The SMILES string of the molecule is Cc1nc(Cl)cc2c3c(F)cccc3n(C)c12. The number of nitrogens with zero attached hydrogens (tertiary/aromatic N) is 2. The van der Waals surface area contributed by atoms with Gasteiger partial charge >= 0.3 is 0 Å². The predicted molar refractivity (Wildman–Crippen MR) is 67.9 cm³/mol. The molecule has 4 heteroatoms. The lowest BCUT2D eigenvalue weighted by atomic mass is 10.1. The van der Waals surface area contributed by atoms with Crippen LogP contribution < -0.4 is 0 Å². The molecule has 0 amide bonds. The molecule has 2 nitrogen and oxygen atoms in total. The summed E-state index contributed by atoms with van der Waals surface area (Å²) >= 11 is 5.94. The van der Waals surface area contributed by atoms with Crippen LogP contribution in [-0.4, -0.2) is 9.55 Å². The van der Waals surface area contributed by atoms with Crippen LogP contribution in [0.25, 0.3) is 21.8 Å². The zero-order valence-corrected chi connectivity index (χ0v) is 10.2. The van der Waals surface area contributed by atoms with Crippen LogP contribution in [0.5, 0.6) is 0 Å². The van der Waals surface area contributed by atoms with E-state index in [1.54, 1.807) is 12.1 Å². The Labute approximate surface area is 103 Å². The Morgan fingerprint density at radius 1 is 1.35 bits per heavy atom. The first kappa shape index (κ1) is 10.5. The number of fused-ring (bicyclic) bond motifs is 3. The summed E-state index contributed by atoms with van der Waals surface area (Å²) in [6, 6.07) is 6.79. The second kappa shape index (κ2) is 3.44. The molecule has 0 saturated carbocycles. The van der Waals surface area contributed by atoms with E-state index in [1.165, 1.54) is 6.07 Å². The standard InChI is InChI=1S/C13H10ClFN2/c1-7-13-8(6-11(14)16-7)12-9(15)4-3-5-10(12)17(13)2/h3-6H,1-2H3. The van der Waals surface area contributed by atoms with Gasteiger partial charge in [-0.25, -0.2) is 9.37 Å². The maximum Gasteiger partial charge on any atom is 0.133 e. The Hall–Kier alpha value is -1.61. The van der Waals surface area contributed by atoms with Crippen LogP contribution in [-0.2, 0) is 7.05 Å². The van der Waals surface area contributed by atoms with Gasteiger partial charge in [0.15, 0.2) is 0 Å². The lowest BCUT2D eigenvalue weighted by Gasteiger charge is -2.01. The average molecular weight is 249 g/mol. The van der Waals surface area contributed by atoms with Crippen LogP contribution in [0.15, 0.2) is 24.3 Å². The van der Waals surface area contributed by atoms with Gasteiger partial charge in [-0.3, -0.25) is 0 Å². The Kier molecular flexibility index (Phi) is 2.13. The second-order valence-corrected chi connectivity index (χ2v) is 4.51. The zero-order chi connectivity index (χ0) is 12.2. The minimum atomic E-state index is -0.227. The molecule has 0 fully saturated rings. The number of hydrogen-bond donors (Lipinski definition) is 0. The minimum Gasteiger partial charge on any atom is -0.342 e. The van der Waals surface area contributed by atoms with Crippen molar-refractivity contribution in [2.45, 2.75) is 6.92 Å². The highest BCUT2D eigenvalue weighted by atomic mass is 35.5. The molecule has 0 aliphatic carbocycles. The van der Waals surface area contributed by atoms with E-state index >= 15 is 0 Å². The van der Waals surface area contributed by atoms with Gasteiger partial charge < -0.3 is 4.57 Å². The van der Waals surface area contributed by atoms with Crippen LogP contribution in [0.1, 0.15) is 5.69 Å². The molecule has 0 radical (unpaired) electrons. The van der Waals surface area contributed by atoms with Gasteiger partial charge in [0.2, 0.25) is 0 Å². The van der Waals surface area contributed by atoms with E-state index in [0.29, 0.717) is 10.5 Å². The fourth-order valence-electron chi connectivity index (χ4n) is 2.42. The molecule has 0 spiro atoms. The molecule has 0 aliphatic rings. The first-order valence-electron chi connectivity index (χ1n) is 5.29. The molecule has 0 saturated heterocycles. The number of halogens is 2. The molecule has 0 aliphatic heterocycles. The van der Waals surface area contributed by atoms with Gasteiger partial charge in [-0.05, 0) is 25.1 Å². The molecule has 17 heavy (non-hydrogen) atoms. The zero-order valence-electron chi connectivity index (χ0n) is 9.46. The molecular weight excluding hydrogens is 239 g/mol. The smallest absolute Gasteiger partial charge is 0.133 e. The maximum atomic E-state index is 13.9. The summed E-state index contributed by atoms with van der Waals surface area (Å²) < 4.78 is 15.9. The Balaban J connectivity index is 2.70. The number of aromatic nitrogens is 2. The van der Waals surface area contributed by atoms with E-state index in [1.807, 2.05) is 24.6 Å². The second-order valence-electron chi connectivity index (χ2n) is 4.12. The van der Waals surface area contributed by atoms with Crippen LogP contribution in [0, 0.1) is 12.7 Å². The summed E-state index contributed by atoms with van der Waals surface area (Å²) in [4.78, 5) is 4.21. The number of pyridine rings is 1. The van der Waals surface area contributed by atoms with Crippen LogP contribution in [0.4, 0.5) is 4.39 Å². The fraction of sp³-hybridized carbons (Fsp3) is 0.154. The summed E-state index contributed by atoms with van der Waals surface area (Å²) in [6.45, 7) is 1.88. The molecule has 2 aromatic heterocycles. The summed E-state index contributed by atoms with van der Waals surface area (Å²) in [5.41, 5.74) is 2.59. The molecule has 0 N–H and O–H groups in total. The number of aryl methyl sites for hydroxylation is 2. The van der Waals surface area contributed by atoms with Gasteiger partial charge in [-0.1, -0.05) is 17.7 Å². The van der Waals surface area contributed by atoms with Crippen LogP contribution in [0.3, 0.4) is 0 Å².